The van der Waals surface area contributed by atoms with E-state index in [4.69, 9.17) is 4.74 Å². The minimum atomic E-state index is 0.423. The van der Waals surface area contributed by atoms with E-state index in [1.807, 2.05) is 0 Å². The molecule has 1 aliphatic rings. The predicted molar refractivity (Wildman–Crippen MR) is 66.0 cm³/mol. The first-order valence-electron chi connectivity index (χ1n) is 6.47. The van der Waals surface area contributed by atoms with Crippen LogP contribution in [0.3, 0.4) is 0 Å². The van der Waals surface area contributed by atoms with Crippen molar-refractivity contribution in [2.45, 2.75) is 52.9 Å². The van der Waals surface area contributed by atoms with Crippen molar-refractivity contribution in [2.24, 2.45) is 11.3 Å². The molecule has 0 aliphatic carbocycles. The zero-order chi connectivity index (χ0) is 11.1. The summed E-state index contributed by atoms with van der Waals surface area (Å²) in [6.45, 7) is 8.82. The Morgan fingerprint density at radius 1 is 1.27 bits per heavy atom. The normalized spacial score (nSPS) is 21.3. The van der Waals surface area contributed by atoms with Gasteiger partial charge in [-0.15, -0.1) is 0 Å². The van der Waals surface area contributed by atoms with E-state index in [0.29, 0.717) is 5.41 Å². The van der Waals surface area contributed by atoms with Gasteiger partial charge in [0.1, 0.15) is 0 Å². The van der Waals surface area contributed by atoms with Crippen molar-refractivity contribution in [2.75, 3.05) is 13.2 Å². The molecule has 88 valence electrons. The third kappa shape index (κ3) is 3.64. The Hall–Kier alpha value is -0.300. The first-order chi connectivity index (χ1) is 7.21. The lowest BCUT2D eigenvalue weighted by atomic mass is 9.71. The summed E-state index contributed by atoms with van der Waals surface area (Å²) < 4.78 is 5.47. The minimum Gasteiger partial charge on any atom is -0.381 e. The zero-order valence-corrected chi connectivity index (χ0v) is 10.6. The van der Waals surface area contributed by atoms with E-state index in [9.17, 15) is 0 Å². The fourth-order valence-corrected chi connectivity index (χ4v) is 2.33. The van der Waals surface area contributed by atoms with Crippen molar-refractivity contribution in [3.05, 3.63) is 12.2 Å². The molecule has 0 atom stereocenters. The van der Waals surface area contributed by atoms with Crippen molar-refractivity contribution in [1.29, 1.82) is 0 Å². The number of unbranched alkanes of at least 4 members (excludes halogenated alkanes) is 2. The summed E-state index contributed by atoms with van der Waals surface area (Å²) in [4.78, 5) is 0. The number of hydrogen-bond acceptors (Lipinski definition) is 1. The molecule has 1 aliphatic heterocycles. The Balaban J connectivity index is 2.52. The molecular formula is C14H26O. The Kier molecular flexibility index (Phi) is 5.38. The first kappa shape index (κ1) is 12.8. The molecule has 0 aromatic heterocycles. The summed E-state index contributed by atoms with van der Waals surface area (Å²) >= 11 is 0. The van der Waals surface area contributed by atoms with Gasteiger partial charge in [-0.3, -0.25) is 0 Å². The Labute approximate surface area is 94.9 Å². The van der Waals surface area contributed by atoms with Gasteiger partial charge < -0.3 is 4.74 Å². The van der Waals surface area contributed by atoms with Gasteiger partial charge in [-0.2, -0.15) is 0 Å². The number of allylic oxidation sites excluding steroid dienone is 2. The summed E-state index contributed by atoms with van der Waals surface area (Å²) in [7, 11) is 0. The van der Waals surface area contributed by atoms with Gasteiger partial charge >= 0.3 is 0 Å². The second-order valence-electron chi connectivity index (χ2n) is 5.04. The average Bonchev–Trinajstić information content (AvgIpc) is 2.26. The van der Waals surface area contributed by atoms with Crippen molar-refractivity contribution >= 4 is 0 Å². The number of rotatable bonds is 5. The number of ether oxygens (including phenoxy) is 1. The van der Waals surface area contributed by atoms with Gasteiger partial charge in [-0.05, 0) is 30.6 Å². The molecule has 1 rings (SSSR count). The van der Waals surface area contributed by atoms with Crippen LogP contribution in [-0.4, -0.2) is 13.2 Å². The van der Waals surface area contributed by atoms with Crippen LogP contribution < -0.4 is 0 Å². The molecule has 1 nitrogen and oxygen atoms in total. The maximum absolute atomic E-state index is 5.47. The van der Waals surface area contributed by atoms with Crippen molar-refractivity contribution in [3.63, 3.8) is 0 Å². The van der Waals surface area contributed by atoms with Crippen LogP contribution in [0, 0.1) is 11.3 Å². The van der Waals surface area contributed by atoms with E-state index >= 15 is 0 Å². The first-order valence-corrected chi connectivity index (χ1v) is 6.47. The van der Waals surface area contributed by atoms with Crippen LogP contribution in [0.2, 0.25) is 0 Å². The van der Waals surface area contributed by atoms with E-state index < -0.39 is 0 Å². The molecule has 0 spiro atoms. The molecule has 1 heteroatoms. The molecule has 0 unspecified atom stereocenters. The van der Waals surface area contributed by atoms with E-state index in [-0.39, 0.29) is 0 Å². The third-order valence-electron chi connectivity index (χ3n) is 3.75. The van der Waals surface area contributed by atoms with E-state index in [1.54, 1.807) is 0 Å². The third-order valence-corrected chi connectivity index (χ3v) is 3.75. The van der Waals surface area contributed by atoms with Gasteiger partial charge in [0.15, 0.2) is 0 Å². The highest BCUT2D eigenvalue weighted by molar-refractivity contribution is 5.02. The van der Waals surface area contributed by atoms with Gasteiger partial charge in [0.05, 0.1) is 0 Å². The molecule has 0 aromatic rings. The molecule has 1 heterocycles. The van der Waals surface area contributed by atoms with E-state index in [0.717, 1.165) is 19.1 Å². The summed E-state index contributed by atoms with van der Waals surface area (Å²) in [5, 5.41) is 0. The highest BCUT2D eigenvalue weighted by Crippen LogP contribution is 2.39. The molecule has 15 heavy (non-hydrogen) atoms. The molecular weight excluding hydrogens is 184 g/mol. The maximum atomic E-state index is 5.47. The summed E-state index contributed by atoms with van der Waals surface area (Å²) in [5.74, 6) is 0.735. The molecule has 0 saturated carbocycles. The lowest BCUT2D eigenvalue weighted by molar-refractivity contribution is 0.0164. The van der Waals surface area contributed by atoms with Crippen molar-refractivity contribution in [1.82, 2.24) is 0 Å². The lowest BCUT2D eigenvalue weighted by Crippen LogP contribution is -2.32. The van der Waals surface area contributed by atoms with E-state index in [1.165, 1.54) is 32.1 Å². The monoisotopic (exact) mass is 210 g/mol. The highest BCUT2D eigenvalue weighted by atomic mass is 16.5. The molecule has 0 bridgehead atoms. The Morgan fingerprint density at radius 3 is 2.47 bits per heavy atom. The standard InChI is InChI=1S/C14H26O/c1-4-5-6-7-8-14(13(2)3)9-11-15-12-10-14/h7-8,13H,4-6,9-12H2,1-3H3/b8-7-. The van der Waals surface area contributed by atoms with E-state index in [2.05, 4.69) is 32.9 Å². The predicted octanol–water partition coefficient (Wildman–Crippen LogP) is 4.19. The molecule has 0 amide bonds. The smallest absolute Gasteiger partial charge is 0.0474 e. The quantitative estimate of drug-likeness (QED) is 0.488. The minimum absolute atomic E-state index is 0.423. The van der Waals surface area contributed by atoms with Crippen LogP contribution >= 0.6 is 0 Å². The van der Waals surface area contributed by atoms with Gasteiger partial charge in [0.2, 0.25) is 0 Å². The summed E-state index contributed by atoms with van der Waals surface area (Å²) in [6, 6.07) is 0. The van der Waals surface area contributed by atoms with Crippen LogP contribution in [0.5, 0.6) is 0 Å². The second-order valence-corrected chi connectivity index (χ2v) is 5.04. The Bertz CT molecular complexity index is 188. The lowest BCUT2D eigenvalue weighted by Gasteiger charge is -2.38. The fourth-order valence-electron chi connectivity index (χ4n) is 2.33. The van der Waals surface area contributed by atoms with Crippen LogP contribution in [-0.2, 0) is 4.74 Å². The Morgan fingerprint density at radius 2 is 1.93 bits per heavy atom. The summed E-state index contributed by atoms with van der Waals surface area (Å²) in [5.41, 5.74) is 0.423. The van der Waals surface area contributed by atoms with Crippen LogP contribution in [0.25, 0.3) is 0 Å². The average molecular weight is 210 g/mol. The highest BCUT2D eigenvalue weighted by Gasteiger charge is 2.32. The molecule has 0 N–H and O–H groups in total. The van der Waals surface area contributed by atoms with Crippen LogP contribution in [0.4, 0.5) is 0 Å². The van der Waals surface area contributed by atoms with Gasteiger partial charge in [0, 0.05) is 13.2 Å². The molecule has 0 radical (unpaired) electrons. The zero-order valence-electron chi connectivity index (χ0n) is 10.6. The fraction of sp³-hybridized carbons (Fsp3) is 0.857. The largest absolute Gasteiger partial charge is 0.381 e. The topological polar surface area (TPSA) is 9.23 Å². The van der Waals surface area contributed by atoms with Crippen molar-refractivity contribution in [3.8, 4) is 0 Å². The van der Waals surface area contributed by atoms with Crippen LogP contribution in [0.15, 0.2) is 12.2 Å². The van der Waals surface area contributed by atoms with Crippen LogP contribution in [0.1, 0.15) is 52.9 Å². The molecule has 1 saturated heterocycles. The van der Waals surface area contributed by atoms with Crippen molar-refractivity contribution < 1.29 is 4.74 Å². The SMILES string of the molecule is CCCC/C=C\C1(C(C)C)CCOCC1. The number of hydrogen-bond donors (Lipinski definition) is 0. The molecule has 1 fully saturated rings. The maximum Gasteiger partial charge on any atom is 0.0474 e. The van der Waals surface area contributed by atoms with Gasteiger partial charge in [-0.1, -0.05) is 45.8 Å². The van der Waals surface area contributed by atoms with Gasteiger partial charge in [-0.25, -0.2) is 0 Å². The second kappa shape index (κ2) is 6.32. The van der Waals surface area contributed by atoms with Gasteiger partial charge in [0.25, 0.3) is 0 Å². The summed E-state index contributed by atoms with van der Waals surface area (Å²) in [6.07, 6.45) is 11.1. The molecule has 0 aromatic carbocycles.